The van der Waals surface area contributed by atoms with Gasteiger partial charge in [0.05, 0.1) is 38.4 Å². The van der Waals surface area contributed by atoms with E-state index in [0.717, 1.165) is 5.56 Å². The molecule has 0 radical (unpaired) electrons. The second-order valence-corrected chi connectivity index (χ2v) is 7.53. The molecular formula is C23H22N6O6. The molecule has 2 aromatic heterocycles. The van der Waals surface area contributed by atoms with Gasteiger partial charge in [0.15, 0.2) is 17.1 Å². The molecule has 0 spiro atoms. The van der Waals surface area contributed by atoms with E-state index in [0.29, 0.717) is 34.6 Å². The Morgan fingerprint density at radius 1 is 1.11 bits per heavy atom. The van der Waals surface area contributed by atoms with Crippen molar-refractivity contribution in [2.45, 2.75) is 13.1 Å². The van der Waals surface area contributed by atoms with Crippen molar-refractivity contribution in [1.29, 1.82) is 0 Å². The minimum atomic E-state index is -0.478. The highest BCUT2D eigenvalue weighted by Gasteiger charge is 2.13. The van der Waals surface area contributed by atoms with Gasteiger partial charge in [-0.3, -0.25) is 24.3 Å². The Morgan fingerprint density at radius 2 is 1.86 bits per heavy atom. The molecule has 4 rings (SSSR count). The van der Waals surface area contributed by atoms with E-state index in [-0.39, 0.29) is 30.2 Å². The smallest absolute Gasteiger partial charge is 0.269 e. The third-order valence-corrected chi connectivity index (χ3v) is 5.38. The molecule has 0 aliphatic carbocycles. The zero-order valence-electron chi connectivity index (χ0n) is 19.0. The number of hydrogen-bond donors (Lipinski definition) is 1. The molecule has 0 bridgehead atoms. The van der Waals surface area contributed by atoms with E-state index >= 15 is 0 Å². The molecule has 35 heavy (non-hydrogen) atoms. The number of non-ortho nitro benzene ring substituents is 1. The molecule has 2 aromatic carbocycles. The number of nitro benzene ring substituents is 1. The highest BCUT2D eigenvalue weighted by molar-refractivity contribution is 5.94. The number of carbonyl (C=O) groups is 1. The van der Waals surface area contributed by atoms with Crippen LogP contribution in [0.5, 0.6) is 11.5 Å². The first-order valence-corrected chi connectivity index (χ1v) is 10.6. The lowest BCUT2D eigenvalue weighted by Crippen LogP contribution is -2.27. The summed E-state index contributed by atoms with van der Waals surface area (Å²) in [5.74, 6) is 0.686. The summed E-state index contributed by atoms with van der Waals surface area (Å²) in [7, 11) is 3.01. The fourth-order valence-corrected chi connectivity index (χ4v) is 3.55. The van der Waals surface area contributed by atoms with Gasteiger partial charge in [-0.05, 0) is 23.8 Å². The molecule has 0 unspecified atom stereocenters. The Hall–Kier alpha value is -4.74. The highest BCUT2D eigenvalue weighted by atomic mass is 16.6. The minimum absolute atomic E-state index is 0.0193. The topological polar surface area (TPSA) is 143 Å². The normalized spacial score (nSPS) is 10.8. The fourth-order valence-electron chi connectivity index (χ4n) is 3.55. The molecule has 0 saturated carbocycles. The van der Waals surface area contributed by atoms with Crippen LogP contribution in [0.1, 0.15) is 15.9 Å². The van der Waals surface area contributed by atoms with E-state index in [9.17, 15) is 19.7 Å². The SMILES string of the molecule is COc1ccc(C(=O)NCCn2ncc3c(=O)n(Cc4ccc([N+](=O)[O-])cc4)cnc32)cc1OC. The van der Waals surface area contributed by atoms with Crippen molar-refractivity contribution in [1.82, 2.24) is 24.6 Å². The molecule has 0 atom stereocenters. The van der Waals surface area contributed by atoms with Crippen molar-refractivity contribution >= 4 is 22.6 Å². The number of hydrogen-bond acceptors (Lipinski definition) is 8. The summed E-state index contributed by atoms with van der Waals surface area (Å²) in [5.41, 5.74) is 1.24. The largest absolute Gasteiger partial charge is 0.493 e. The van der Waals surface area contributed by atoms with E-state index in [1.54, 1.807) is 35.0 Å². The van der Waals surface area contributed by atoms with E-state index in [4.69, 9.17) is 9.47 Å². The lowest BCUT2D eigenvalue weighted by atomic mass is 10.2. The number of amides is 1. The number of nitrogens with one attached hydrogen (secondary N) is 1. The van der Waals surface area contributed by atoms with E-state index in [2.05, 4.69) is 15.4 Å². The van der Waals surface area contributed by atoms with Crippen LogP contribution in [0.4, 0.5) is 5.69 Å². The molecule has 1 amide bonds. The molecule has 0 saturated heterocycles. The number of fused-ring (bicyclic) bond motifs is 1. The first-order chi connectivity index (χ1) is 16.9. The first-order valence-electron chi connectivity index (χ1n) is 10.6. The number of ether oxygens (including phenoxy) is 2. The lowest BCUT2D eigenvalue weighted by molar-refractivity contribution is -0.384. The fraction of sp³-hybridized carbons (Fsp3) is 0.217. The van der Waals surface area contributed by atoms with Crippen LogP contribution in [-0.4, -0.2) is 50.9 Å². The maximum absolute atomic E-state index is 12.9. The predicted molar refractivity (Wildman–Crippen MR) is 126 cm³/mol. The van der Waals surface area contributed by atoms with Gasteiger partial charge in [-0.25, -0.2) is 9.67 Å². The Balaban J connectivity index is 1.43. The minimum Gasteiger partial charge on any atom is -0.493 e. The van der Waals surface area contributed by atoms with E-state index in [1.165, 1.54) is 43.4 Å². The lowest BCUT2D eigenvalue weighted by Gasteiger charge is -2.10. The summed E-state index contributed by atoms with van der Waals surface area (Å²) < 4.78 is 13.4. The van der Waals surface area contributed by atoms with E-state index < -0.39 is 4.92 Å². The Morgan fingerprint density at radius 3 is 2.54 bits per heavy atom. The molecule has 0 aliphatic heterocycles. The van der Waals surface area contributed by atoms with Gasteiger partial charge in [-0.15, -0.1) is 0 Å². The molecule has 0 aliphatic rings. The van der Waals surface area contributed by atoms with Crippen molar-refractivity contribution in [2.24, 2.45) is 0 Å². The molecule has 12 nitrogen and oxygen atoms in total. The summed E-state index contributed by atoms with van der Waals surface area (Å²) in [4.78, 5) is 40.0. The summed E-state index contributed by atoms with van der Waals surface area (Å²) in [6.45, 7) is 0.783. The van der Waals surface area contributed by atoms with Crippen LogP contribution in [0.3, 0.4) is 0 Å². The van der Waals surface area contributed by atoms with Crippen LogP contribution in [0.15, 0.2) is 59.8 Å². The van der Waals surface area contributed by atoms with Crippen LogP contribution in [0, 0.1) is 10.1 Å². The molecule has 4 aromatic rings. The predicted octanol–water partition coefficient (Wildman–Crippen LogP) is 2.00. The number of rotatable bonds is 9. The van der Waals surface area contributed by atoms with Crippen molar-refractivity contribution in [3.05, 3.63) is 86.6 Å². The summed E-state index contributed by atoms with van der Waals surface area (Å²) in [5, 5.41) is 18.2. The summed E-state index contributed by atoms with van der Waals surface area (Å²) >= 11 is 0. The van der Waals surface area contributed by atoms with Gasteiger partial charge in [0.25, 0.3) is 17.2 Å². The number of methoxy groups -OCH3 is 2. The van der Waals surface area contributed by atoms with Gasteiger partial charge >= 0.3 is 0 Å². The standard InChI is InChI=1S/C23H22N6O6/c1-34-19-8-5-16(11-20(19)35-2)22(30)24-9-10-28-21-18(12-26-28)23(31)27(14-25-21)13-15-3-6-17(7-4-15)29(32)33/h3-8,11-12,14H,9-10,13H2,1-2H3,(H,24,30). The van der Waals surface area contributed by atoms with Gasteiger partial charge in [0.2, 0.25) is 0 Å². The van der Waals surface area contributed by atoms with Crippen LogP contribution in [-0.2, 0) is 13.1 Å². The van der Waals surface area contributed by atoms with Crippen molar-refractivity contribution < 1.29 is 19.2 Å². The van der Waals surface area contributed by atoms with Crippen molar-refractivity contribution in [3.8, 4) is 11.5 Å². The number of nitrogens with zero attached hydrogens (tertiary/aromatic N) is 5. The van der Waals surface area contributed by atoms with Crippen LogP contribution < -0.4 is 20.3 Å². The molecule has 1 N–H and O–H groups in total. The quantitative estimate of drug-likeness (QED) is 0.284. The maximum atomic E-state index is 12.9. The number of aromatic nitrogens is 4. The molecule has 2 heterocycles. The number of benzene rings is 2. The summed E-state index contributed by atoms with van der Waals surface area (Å²) in [6.07, 6.45) is 2.85. The van der Waals surface area contributed by atoms with E-state index in [1.807, 2.05) is 0 Å². The average Bonchev–Trinajstić information content (AvgIpc) is 3.29. The number of nitro groups is 1. The third-order valence-electron chi connectivity index (χ3n) is 5.38. The van der Waals surface area contributed by atoms with Gasteiger partial charge in [0.1, 0.15) is 11.7 Å². The second kappa shape index (κ2) is 10.0. The van der Waals surface area contributed by atoms with Gasteiger partial charge in [0, 0.05) is 24.2 Å². The molecule has 12 heteroatoms. The molecule has 0 fully saturated rings. The third kappa shape index (κ3) is 4.95. The first kappa shape index (κ1) is 23.4. The van der Waals surface area contributed by atoms with Gasteiger partial charge in [-0.1, -0.05) is 12.1 Å². The second-order valence-electron chi connectivity index (χ2n) is 7.53. The monoisotopic (exact) mass is 478 g/mol. The Bertz CT molecular complexity index is 1440. The van der Waals surface area contributed by atoms with Crippen molar-refractivity contribution in [2.75, 3.05) is 20.8 Å². The van der Waals surface area contributed by atoms with Crippen molar-refractivity contribution in [3.63, 3.8) is 0 Å². The van der Waals surface area contributed by atoms with Gasteiger partial charge < -0.3 is 14.8 Å². The number of carbonyl (C=O) groups excluding carboxylic acids is 1. The Kier molecular flexibility index (Phi) is 6.71. The van der Waals surface area contributed by atoms with Crippen LogP contribution in [0.2, 0.25) is 0 Å². The molecule has 180 valence electrons. The zero-order valence-corrected chi connectivity index (χ0v) is 19.0. The van der Waals surface area contributed by atoms with Crippen LogP contribution >= 0.6 is 0 Å². The maximum Gasteiger partial charge on any atom is 0.269 e. The van der Waals surface area contributed by atoms with Crippen LogP contribution in [0.25, 0.3) is 11.0 Å². The summed E-state index contributed by atoms with van der Waals surface area (Å²) in [6, 6.07) is 10.8. The average molecular weight is 478 g/mol. The highest BCUT2D eigenvalue weighted by Crippen LogP contribution is 2.27. The molecular weight excluding hydrogens is 456 g/mol. The van der Waals surface area contributed by atoms with Gasteiger partial charge in [-0.2, -0.15) is 5.10 Å². The Labute approximate surface area is 198 Å². The zero-order chi connectivity index (χ0) is 24.9.